The van der Waals surface area contributed by atoms with Crippen LogP contribution in [0.1, 0.15) is 58.2 Å². The van der Waals surface area contributed by atoms with Gasteiger partial charge in [0.25, 0.3) is 5.91 Å². The number of fused-ring (bicyclic) bond motifs is 2. The Bertz CT molecular complexity index is 815. The van der Waals surface area contributed by atoms with E-state index in [-0.39, 0.29) is 12.5 Å². The summed E-state index contributed by atoms with van der Waals surface area (Å²) in [5.41, 5.74) is 4.82. The Morgan fingerprint density at radius 2 is 1.92 bits per heavy atom. The van der Waals surface area contributed by atoms with Crippen LogP contribution >= 0.6 is 0 Å². The number of aryl methyl sites for hydroxylation is 3. The number of hydrogen-bond acceptors (Lipinski definition) is 4. The second kappa shape index (κ2) is 7.21. The Morgan fingerprint density at radius 3 is 2.73 bits per heavy atom. The Balaban J connectivity index is 1.56. The monoisotopic (exact) mass is 355 g/mol. The van der Waals surface area contributed by atoms with Crippen molar-refractivity contribution in [1.82, 2.24) is 14.7 Å². The predicted octanol–water partition coefficient (Wildman–Crippen LogP) is 1.83. The molecule has 1 aliphatic heterocycles. The zero-order valence-corrected chi connectivity index (χ0v) is 14.9. The van der Waals surface area contributed by atoms with E-state index in [4.69, 9.17) is 5.11 Å². The molecule has 26 heavy (non-hydrogen) atoms. The number of aromatic nitrogens is 2. The molecule has 2 N–H and O–H groups in total. The molecule has 2 aliphatic rings. The first-order valence-electron chi connectivity index (χ1n) is 9.42. The molecule has 6 nitrogen and oxygen atoms in total. The van der Waals surface area contributed by atoms with Gasteiger partial charge >= 0.3 is 0 Å². The summed E-state index contributed by atoms with van der Waals surface area (Å²) in [5.74, 6) is 0.0530. The van der Waals surface area contributed by atoms with Crippen molar-refractivity contribution in [3.8, 4) is 0 Å². The van der Waals surface area contributed by atoms with E-state index >= 15 is 0 Å². The van der Waals surface area contributed by atoms with Crippen LogP contribution in [-0.2, 0) is 25.9 Å². The molecular weight excluding hydrogens is 330 g/mol. The SMILES string of the molecule is O=C(c1ccc2c(c1)CCCC2)N1CCCn2nc([C@H](O)CO)cc2C1. The van der Waals surface area contributed by atoms with Gasteiger partial charge in [0.2, 0.25) is 0 Å². The smallest absolute Gasteiger partial charge is 0.254 e. The second-order valence-electron chi connectivity index (χ2n) is 7.25. The van der Waals surface area contributed by atoms with E-state index in [1.54, 1.807) is 6.07 Å². The third-order valence-corrected chi connectivity index (χ3v) is 5.43. The topological polar surface area (TPSA) is 78.6 Å². The standard InChI is InChI=1S/C20H25N3O3/c24-13-19(25)18-11-17-12-22(8-3-9-23(17)21-18)20(26)16-7-6-14-4-1-2-5-15(14)10-16/h6-7,10-11,19,24-25H,1-5,8-9,12-13H2/t19-/m1/s1. The van der Waals surface area contributed by atoms with E-state index in [0.717, 1.165) is 30.5 Å². The van der Waals surface area contributed by atoms with Gasteiger partial charge in [0.05, 0.1) is 24.5 Å². The van der Waals surface area contributed by atoms with E-state index < -0.39 is 6.10 Å². The molecule has 0 saturated heterocycles. The second-order valence-corrected chi connectivity index (χ2v) is 7.25. The van der Waals surface area contributed by atoms with Crippen molar-refractivity contribution in [2.24, 2.45) is 0 Å². The minimum absolute atomic E-state index is 0.0530. The Kier molecular flexibility index (Phi) is 4.78. The average Bonchev–Trinajstić information content (AvgIpc) is 2.98. The minimum atomic E-state index is -0.973. The molecule has 2 aromatic rings. The normalized spacial score (nSPS) is 18.0. The molecule has 138 valence electrons. The number of benzene rings is 1. The van der Waals surface area contributed by atoms with Crippen molar-refractivity contribution in [2.75, 3.05) is 13.2 Å². The number of rotatable bonds is 3. The summed E-state index contributed by atoms with van der Waals surface area (Å²) in [5, 5.41) is 23.3. The predicted molar refractivity (Wildman–Crippen MR) is 96.7 cm³/mol. The van der Waals surface area contributed by atoms with E-state index in [9.17, 15) is 9.90 Å². The van der Waals surface area contributed by atoms with Crippen LogP contribution in [0.4, 0.5) is 0 Å². The zero-order chi connectivity index (χ0) is 18.1. The number of hydrogen-bond donors (Lipinski definition) is 2. The highest BCUT2D eigenvalue weighted by Gasteiger charge is 2.24. The summed E-state index contributed by atoms with van der Waals surface area (Å²) < 4.78 is 1.84. The summed E-state index contributed by atoms with van der Waals surface area (Å²) in [6, 6.07) is 7.93. The first kappa shape index (κ1) is 17.2. The van der Waals surface area contributed by atoms with Crippen LogP contribution < -0.4 is 0 Å². The van der Waals surface area contributed by atoms with Gasteiger partial charge in [-0.15, -0.1) is 0 Å². The molecule has 0 bridgehead atoms. The van der Waals surface area contributed by atoms with Crippen LogP contribution in [0, 0.1) is 0 Å². The molecule has 0 saturated carbocycles. The summed E-state index contributed by atoms with van der Waals surface area (Å²) in [7, 11) is 0. The fraction of sp³-hybridized carbons (Fsp3) is 0.500. The number of aliphatic hydroxyl groups excluding tert-OH is 2. The number of aliphatic hydroxyl groups is 2. The molecular formula is C20H25N3O3. The van der Waals surface area contributed by atoms with Gasteiger partial charge in [-0.2, -0.15) is 5.10 Å². The summed E-state index contributed by atoms with van der Waals surface area (Å²) in [6.07, 6.45) is 4.45. The van der Waals surface area contributed by atoms with Crippen LogP contribution in [-0.4, -0.2) is 44.0 Å². The van der Waals surface area contributed by atoms with Gasteiger partial charge in [0.1, 0.15) is 6.10 Å². The lowest BCUT2D eigenvalue weighted by Gasteiger charge is -2.22. The lowest BCUT2D eigenvalue weighted by Crippen LogP contribution is -2.31. The Labute approximate surface area is 153 Å². The van der Waals surface area contributed by atoms with Crippen molar-refractivity contribution in [2.45, 2.75) is 51.3 Å². The summed E-state index contributed by atoms with van der Waals surface area (Å²) in [6.45, 7) is 1.52. The molecule has 1 aromatic heterocycles. The van der Waals surface area contributed by atoms with Crippen molar-refractivity contribution in [3.05, 3.63) is 52.3 Å². The molecule has 4 rings (SSSR count). The van der Waals surface area contributed by atoms with E-state index in [1.165, 1.54) is 24.0 Å². The highest BCUT2D eigenvalue weighted by atomic mass is 16.3. The quantitative estimate of drug-likeness (QED) is 0.880. The third-order valence-electron chi connectivity index (χ3n) is 5.43. The largest absolute Gasteiger partial charge is 0.393 e. The number of carbonyl (C=O) groups excluding carboxylic acids is 1. The van der Waals surface area contributed by atoms with Crippen molar-refractivity contribution >= 4 is 5.91 Å². The van der Waals surface area contributed by atoms with Gasteiger partial charge in [-0.25, -0.2) is 0 Å². The maximum Gasteiger partial charge on any atom is 0.254 e. The molecule has 1 aromatic carbocycles. The van der Waals surface area contributed by atoms with Gasteiger partial charge in [0.15, 0.2) is 0 Å². The lowest BCUT2D eigenvalue weighted by molar-refractivity contribution is 0.0745. The van der Waals surface area contributed by atoms with Crippen molar-refractivity contribution in [1.29, 1.82) is 0 Å². The van der Waals surface area contributed by atoms with Crippen molar-refractivity contribution in [3.63, 3.8) is 0 Å². The number of nitrogens with zero attached hydrogens (tertiary/aromatic N) is 3. The Morgan fingerprint density at radius 1 is 1.12 bits per heavy atom. The first-order valence-corrected chi connectivity index (χ1v) is 9.42. The van der Waals surface area contributed by atoms with Crippen molar-refractivity contribution < 1.29 is 15.0 Å². The van der Waals surface area contributed by atoms with Gasteiger partial charge in [-0.3, -0.25) is 9.48 Å². The van der Waals surface area contributed by atoms with Crippen LogP contribution in [0.3, 0.4) is 0 Å². The highest BCUT2D eigenvalue weighted by molar-refractivity contribution is 5.94. The molecule has 6 heteroatoms. The fourth-order valence-electron chi connectivity index (χ4n) is 3.96. The summed E-state index contributed by atoms with van der Waals surface area (Å²) >= 11 is 0. The zero-order valence-electron chi connectivity index (χ0n) is 14.9. The molecule has 0 fully saturated rings. The fourth-order valence-corrected chi connectivity index (χ4v) is 3.96. The number of amides is 1. The van der Waals surface area contributed by atoms with Gasteiger partial charge < -0.3 is 15.1 Å². The van der Waals surface area contributed by atoms with Gasteiger partial charge in [-0.05, 0) is 61.4 Å². The number of carbonyl (C=O) groups is 1. The van der Waals surface area contributed by atoms with Crippen LogP contribution in [0.15, 0.2) is 24.3 Å². The van der Waals surface area contributed by atoms with E-state index in [1.807, 2.05) is 15.6 Å². The maximum absolute atomic E-state index is 13.1. The third kappa shape index (κ3) is 3.27. The molecule has 1 atom stereocenters. The average molecular weight is 355 g/mol. The summed E-state index contributed by atoms with van der Waals surface area (Å²) in [4.78, 5) is 14.9. The van der Waals surface area contributed by atoms with Crippen LogP contribution in [0.2, 0.25) is 0 Å². The Hall–Kier alpha value is -2.18. The van der Waals surface area contributed by atoms with Crippen LogP contribution in [0.5, 0.6) is 0 Å². The molecule has 1 aliphatic carbocycles. The molecule has 1 amide bonds. The van der Waals surface area contributed by atoms with E-state index in [2.05, 4.69) is 17.2 Å². The van der Waals surface area contributed by atoms with Gasteiger partial charge in [0, 0.05) is 18.7 Å². The highest BCUT2D eigenvalue weighted by Crippen LogP contribution is 2.24. The van der Waals surface area contributed by atoms with Gasteiger partial charge in [-0.1, -0.05) is 6.07 Å². The maximum atomic E-state index is 13.1. The molecule has 0 radical (unpaired) electrons. The van der Waals surface area contributed by atoms with E-state index in [0.29, 0.717) is 25.3 Å². The molecule has 0 spiro atoms. The van der Waals surface area contributed by atoms with Crippen LogP contribution in [0.25, 0.3) is 0 Å². The first-order chi connectivity index (χ1) is 12.7. The molecule has 2 heterocycles. The lowest BCUT2D eigenvalue weighted by atomic mass is 9.90. The molecule has 0 unspecified atom stereocenters. The minimum Gasteiger partial charge on any atom is -0.393 e.